The van der Waals surface area contributed by atoms with E-state index in [-0.39, 0.29) is 17.9 Å². The highest BCUT2D eigenvalue weighted by Crippen LogP contribution is 2.30. The Balaban J connectivity index is 1.82. The highest BCUT2D eigenvalue weighted by atomic mass is 19.1. The standard InChI is InChI=1S/C16H24FN3/c1-12(18)16(14-6-2-3-7-15(14)17)20-10-9-19-8-4-5-13(19)11-20/h2-3,6-7,12-13,16H,4-5,8-11,18H2,1H3. The minimum atomic E-state index is -0.136. The zero-order chi connectivity index (χ0) is 14.1. The van der Waals surface area contributed by atoms with E-state index in [2.05, 4.69) is 9.80 Å². The summed E-state index contributed by atoms with van der Waals surface area (Å²) in [6.07, 6.45) is 2.56. The third-order valence-corrected chi connectivity index (χ3v) is 4.73. The molecule has 2 saturated heterocycles. The summed E-state index contributed by atoms with van der Waals surface area (Å²) in [5, 5.41) is 0. The number of piperazine rings is 1. The van der Waals surface area contributed by atoms with Gasteiger partial charge in [-0.25, -0.2) is 4.39 Å². The highest BCUT2D eigenvalue weighted by Gasteiger charge is 2.35. The molecule has 1 aromatic rings. The summed E-state index contributed by atoms with van der Waals surface area (Å²) < 4.78 is 14.1. The van der Waals surface area contributed by atoms with E-state index in [9.17, 15) is 4.39 Å². The second kappa shape index (κ2) is 5.80. The van der Waals surface area contributed by atoms with Gasteiger partial charge in [-0.1, -0.05) is 18.2 Å². The van der Waals surface area contributed by atoms with Gasteiger partial charge in [-0.2, -0.15) is 0 Å². The molecule has 20 heavy (non-hydrogen) atoms. The molecular weight excluding hydrogens is 253 g/mol. The summed E-state index contributed by atoms with van der Waals surface area (Å²) in [7, 11) is 0. The maximum atomic E-state index is 14.1. The molecule has 2 aliphatic heterocycles. The van der Waals surface area contributed by atoms with Crippen LogP contribution in [-0.4, -0.2) is 48.1 Å². The Morgan fingerprint density at radius 2 is 2.05 bits per heavy atom. The van der Waals surface area contributed by atoms with E-state index >= 15 is 0 Å². The van der Waals surface area contributed by atoms with Gasteiger partial charge in [-0.05, 0) is 32.4 Å². The summed E-state index contributed by atoms with van der Waals surface area (Å²) >= 11 is 0. The molecule has 3 atom stereocenters. The van der Waals surface area contributed by atoms with E-state index in [0.717, 1.165) is 25.2 Å². The average molecular weight is 277 g/mol. The first-order chi connectivity index (χ1) is 9.66. The second-order valence-corrected chi connectivity index (χ2v) is 6.15. The highest BCUT2D eigenvalue weighted by molar-refractivity contribution is 5.23. The molecular formula is C16H24FN3. The molecule has 3 rings (SSSR count). The number of fused-ring (bicyclic) bond motifs is 1. The molecule has 0 spiro atoms. The molecule has 0 aromatic heterocycles. The minimum Gasteiger partial charge on any atom is -0.326 e. The fourth-order valence-corrected chi connectivity index (χ4v) is 3.80. The van der Waals surface area contributed by atoms with E-state index in [1.807, 2.05) is 19.1 Å². The lowest BCUT2D eigenvalue weighted by Gasteiger charge is -2.43. The van der Waals surface area contributed by atoms with E-state index < -0.39 is 0 Å². The third kappa shape index (κ3) is 2.60. The average Bonchev–Trinajstić information content (AvgIpc) is 2.88. The van der Waals surface area contributed by atoms with Crippen LogP contribution in [0.15, 0.2) is 24.3 Å². The van der Waals surface area contributed by atoms with E-state index in [1.165, 1.54) is 25.5 Å². The molecule has 0 radical (unpaired) electrons. The monoisotopic (exact) mass is 277 g/mol. The van der Waals surface area contributed by atoms with E-state index in [4.69, 9.17) is 5.73 Å². The van der Waals surface area contributed by atoms with Gasteiger partial charge in [0.25, 0.3) is 0 Å². The number of hydrogen-bond acceptors (Lipinski definition) is 3. The predicted octanol–water partition coefficient (Wildman–Crippen LogP) is 1.99. The number of nitrogens with zero attached hydrogens (tertiary/aromatic N) is 2. The van der Waals surface area contributed by atoms with Crippen LogP contribution in [0.3, 0.4) is 0 Å². The van der Waals surface area contributed by atoms with Gasteiger partial charge < -0.3 is 5.73 Å². The van der Waals surface area contributed by atoms with Crippen LogP contribution in [0, 0.1) is 5.82 Å². The molecule has 0 amide bonds. The largest absolute Gasteiger partial charge is 0.326 e. The molecule has 0 saturated carbocycles. The molecule has 3 nitrogen and oxygen atoms in total. The van der Waals surface area contributed by atoms with Gasteiger partial charge in [0.15, 0.2) is 0 Å². The Labute approximate surface area is 120 Å². The Hall–Kier alpha value is -0.970. The lowest BCUT2D eigenvalue weighted by molar-refractivity contribution is 0.0622. The number of rotatable bonds is 3. The Morgan fingerprint density at radius 1 is 1.25 bits per heavy atom. The Bertz CT molecular complexity index is 463. The van der Waals surface area contributed by atoms with Crippen molar-refractivity contribution in [1.82, 2.24) is 9.80 Å². The van der Waals surface area contributed by atoms with Crippen LogP contribution in [0.4, 0.5) is 4.39 Å². The van der Waals surface area contributed by atoms with Gasteiger partial charge in [0.05, 0.1) is 6.04 Å². The van der Waals surface area contributed by atoms with Crippen molar-refractivity contribution in [1.29, 1.82) is 0 Å². The zero-order valence-electron chi connectivity index (χ0n) is 12.1. The van der Waals surface area contributed by atoms with Crippen LogP contribution < -0.4 is 5.73 Å². The van der Waals surface area contributed by atoms with Crippen LogP contribution in [0.5, 0.6) is 0 Å². The molecule has 2 fully saturated rings. The van der Waals surface area contributed by atoms with Crippen molar-refractivity contribution in [2.75, 3.05) is 26.2 Å². The molecule has 2 heterocycles. The first kappa shape index (κ1) is 14.0. The summed E-state index contributed by atoms with van der Waals surface area (Å²) in [6, 6.07) is 7.61. The molecule has 0 bridgehead atoms. The van der Waals surface area contributed by atoms with Crippen LogP contribution in [0.2, 0.25) is 0 Å². The molecule has 3 unspecified atom stereocenters. The van der Waals surface area contributed by atoms with Crippen molar-refractivity contribution in [3.05, 3.63) is 35.6 Å². The third-order valence-electron chi connectivity index (χ3n) is 4.73. The molecule has 4 heteroatoms. The first-order valence-corrected chi connectivity index (χ1v) is 7.65. The van der Waals surface area contributed by atoms with Crippen molar-refractivity contribution < 1.29 is 4.39 Å². The van der Waals surface area contributed by atoms with Crippen LogP contribution in [-0.2, 0) is 0 Å². The fourth-order valence-electron chi connectivity index (χ4n) is 3.80. The van der Waals surface area contributed by atoms with Gasteiger partial charge in [0.1, 0.15) is 5.82 Å². The molecule has 1 aromatic carbocycles. The predicted molar refractivity (Wildman–Crippen MR) is 79.0 cm³/mol. The van der Waals surface area contributed by atoms with Gasteiger partial charge in [0, 0.05) is 37.3 Å². The van der Waals surface area contributed by atoms with Crippen LogP contribution >= 0.6 is 0 Å². The summed E-state index contributed by atoms with van der Waals surface area (Å²) in [6.45, 7) is 6.29. The Kier molecular flexibility index (Phi) is 4.06. The quantitative estimate of drug-likeness (QED) is 0.917. The Morgan fingerprint density at radius 3 is 2.80 bits per heavy atom. The first-order valence-electron chi connectivity index (χ1n) is 7.65. The fraction of sp³-hybridized carbons (Fsp3) is 0.625. The number of nitrogens with two attached hydrogens (primary N) is 1. The van der Waals surface area contributed by atoms with E-state index in [1.54, 1.807) is 6.07 Å². The SMILES string of the molecule is CC(N)C(c1ccccc1F)N1CCN2CCCC2C1. The molecule has 0 aliphatic carbocycles. The number of hydrogen-bond donors (Lipinski definition) is 1. The molecule has 2 aliphatic rings. The van der Waals surface area contributed by atoms with Crippen molar-refractivity contribution in [2.45, 2.75) is 37.9 Å². The summed E-state index contributed by atoms with van der Waals surface area (Å²) in [4.78, 5) is 4.95. The van der Waals surface area contributed by atoms with Crippen molar-refractivity contribution in [2.24, 2.45) is 5.73 Å². The van der Waals surface area contributed by atoms with E-state index in [0.29, 0.717) is 6.04 Å². The van der Waals surface area contributed by atoms with Crippen molar-refractivity contribution in [3.63, 3.8) is 0 Å². The van der Waals surface area contributed by atoms with Crippen LogP contribution in [0.1, 0.15) is 31.4 Å². The minimum absolute atomic E-state index is 0.0149. The van der Waals surface area contributed by atoms with Gasteiger partial charge in [0.2, 0.25) is 0 Å². The lowest BCUT2D eigenvalue weighted by atomic mass is 9.96. The smallest absolute Gasteiger partial charge is 0.128 e. The van der Waals surface area contributed by atoms with Crippen molar-refractivity contribution >= 4 is 0 Å². The molecule has 2 N–H and O–H groups in total. The normalized spacial score (nSPS) is 27.2. The topological polar surface area (TPSA) is 32.5 Å². The number of benzene rings is 1. The maximum Gasteiger partial charge on any atom is 0.128 e. The summed E-state index contributed by atoms with van der Waals surface area (Å²) in [5.74, 6) is -0.136. The van der Waals surface area contributed by atoms with Crippen molar-refractivity contribution in [3.8, 4) is 0 Å². The molecule has 110 valence electrons. The second-order valence-electron chi connectivity index (χ2n) is 6.15. The van der Waals surface area contributed by atoms with Gasteiger partial charge >= 0.3 is 0 Å². The summed E-state index contributed by atoms with van der Waals surface area (Å²) in [5.41, 5.74) is 6.93. The van der Waals surface area contributed by atoms with Gasteiger partial charge in [-0.3, -0.25) is 9.80 Å². The lowest BCUT2D eigenvalue weighted by Crippen LogP contribution is -2.53. The van der Waals surface area contributed by atoms with Gasteiger partial charge in [-0.15, -0.1) is 0 Å². The van der Waals surface area contributed by atoms with Crippen LogP contribution in [0.25, 0.3) is 0 Å². The maximum absolute atomic E-state index is 14.1. The zero-order valence-corrected chi connectivity index (χ0v) is 12.1. The number of halogens is 1.